The third-order valence-electron chi connectivity index (χ3n) is 2.73. The van der Waals surface area contributed by atoms with Crippen molar-refractivity contribution < 1.29 is 15.0 Å². The highest BCUT2D eigenvalue weighted by Gasteiger charge is 2.18. The number of nitrogens with two attached hydrogens (primary N) is 1. The van der Waals surface area contributed by atoms with Crippen LogP contribution in [0.2, 0.25) is 0 Å². The summed E-state index contributed by atoms with van der Waals surface area (Å²) in [6.45, 7) is 3.36. The highest BCUT2D eigenvalue weighted by Crippen LogP contribution is 2.23. The number of carbonyl (C=O) groups is 1. The lowest BCUT2D eigenvalue weighted by atomic mass is 10.0. The Morgan fingerprint density at radius 1 is 1.44 bits per heavy atom. The number of aliphatic hydroxyl groups is 2. The van der Waals surface area contributed by atoms with Crippen LogP contribution < -0.4 is 5.73 Å². The number of anilines is 1. The molecule has 0 aliphatic rings. The van der Waals surface area contributed by atoms with Crippen molar-refractivity contribution in [3.05, 3.63) is 29.3 Å². The number of hydrogen-bond acceptors (Lipinski definition) is 5. The van der Waals surface area contributed by atoms with E-state index in [1.807, 2.05) is 13.0 Å². The van der Waals surface area contributed by atoms with Gasteiger partial charge in [-0.25, -0.2) is 0 Å². The van der Waals surface area contributed by atoms with Gasteiger partial charge in [0, 0.05) is 18.4 Å². The fraction of sp³-hybridized carbons (Fsp3) is 0.462. The molecule has 2 unspecified atom stereocenters. The molecule has 18 heavy (non-hydrogen) atoms. The summed E-state index contributed by atoms with van der Waals surface area (Å²) in [7, 11) is 0. The minimum Gasteiger partial charge on any atom is -0.399 e. The van der Waals surface area contributed by atoms with Crippen molar-refractivity contribution in [2.75, 3.05) is 11.5 Å². The molecule has 5 heteroatoms. The van der Waals surface area contributed by atoms with E-state index in [0.29, 0.717) is 23.4 Å². The highest BCUT2D eigenvalue weighted by atomic mass is 32.2. The quantitative estimate of drug-likeness (QED) is 0.708. The summed E-state index contributed by atoms with van der Waals surface area (Å²) in [4.78, 5) is 10.7. The number of carbonyl (C=O) groups excluding carboxylic acids is 1. The van der Waals surface area contributed by atoms with Crippen LogP contribution in [0, 0.1) is 6.92 Å². The first-order valence-electron chi connectivity index (χ1n) is 5.77. The predicted molar refractivity (Wildman–Crippen MR) is 74.3 cm³/mol. The van der Waals surface area contributed by atoms with Crippen LogP contribution >= 0.6 is 11.8 Å². The zero-order valence-electron chi connectivity index (χ0n) is 10.6. The lowest BCUT2D eigenvalue weighted by Gasteiger charge is -2.18. The van der Waals surface area contributed by atoms with Crippen LogP contribution in [0.5, 0.6) is 0 Å². The van der Waals surface area contributed by atoms with Gasteiger partial charge in [-0.2, -0.15) is 0 Å². The van der Waals surface area contributed by atoms with Gasteiger partial charge >= 0.3 is 0 Å². The molecule has 4 N–H and O–H groups in total. The maximum Gasteiger partial charge on any atom is 0.185 e. The molecule has 1 aromatic rings. The second-order valence-electron chi connectivity index (χ2n) is 4.26. The lowest BCUT2D eigenvalue weighted by molar-refractivity contribution is -0.109. The average Bonchev–Trinajstić information content (AvgIpc) is 2.31. The number of thioether (sulfide) groups is 1. The number of hydrogen-bond donors (Lipinski definition) is 3. The summed E-state index contributed by atoms with van der Waals surface area (Å²) in [5, 5.41) is 19.8. The SMILES string of the molecule is CC(=O)SCCC(O)C(O)c1ccc(C)c(N)c1. The second kappa shape index (κ2) is 6.78. The average molecular weight is 269 g/mol. The van der Waals surface area contributed by atoms with Gasteiger partial charge in [-0.3, -0.25) is 4.79 Å². The summed E-state index contributed by atoms with van der Waals surface area (Å²) in [5.41, 5.74) is 7.88. The third-order valence-corrected chi connectivity index (χ3v) is 3.57. The Labute approximate surface area is 111 Å². The van der Waals surface area contributed by atoms with Crippen LogP contribution in [-0.4, -0.2) is 27.2 Å². The Balaban J connectivity index is 2.59. The third kappa shape index (κ3) is 4.33. The molecular weight excluding hydrogens is 250 g/mol. The molecule has 2 atom stereocenters. The first-order valence-corrected chi connectivity index (χ1v) is 6.76. The molecule has 0 aromatic heterocycles. The molecular formula is C13H19NO3S. The fourth-order valence-corrected chi connectivity index (χ4v) is 2.19. The maximum absolute atomic E-state index is 10.7. The normalized spacial score (nSPS) is 14.2. The van der Waals surface area contributed by atoms with Crippen LogP contribution in [0.25, 0.3) is 0 Å². The zero-order chi connectivity index (χ0) is 13.7. The summed E-state index contributed by atoms with van der Waals surface area (Å²) < 4.78 is 0. The Bertz CT molecular complexity index is 423. The standard InChI is InChI=1S/C13H19NO3S/c1-8-3-4-10(7-11(8)14)13(17)12(16)5-6-18-9(2)15/h3-4,7,12-13,16-17H,5-6,14H2,1-2H3. The molecule has 4 nitrogen and oxygen atoms in total. The topological polar surface area (TPSA) is 83.5 Å². The first-order chi connectivity index (χ1) is 8.41. The Kier molecular flexibility index (Phi) is 5.65. The fourth-order valence-electron chi connectivity index (χ4n) is 1.55. The van der Waals surface area contributed by atoms with E-state index in [4.69, 9.17) is 5.73 Å². The minimum atomic E-state index is -0.972. The van der Waals surface area contributed by atoms with Crippen LogP contribution in [0.1, 0.15) is 30.6 Å². The monoisotopic (exact) mass is 269 g/mol. The smallest absolute Gasteiger partial charge is 0.185 e. The zero-order valence-corrected chi connectivity index (χ0v) is 11.4. The summed E-state index contributed by atoms with van der Waals surface area (Å²) >= 11 is 1.14. The maximum atomic E-state index is 10.7. The number of benzene rings is 1. The van der Waals surface area contributed by atoms with Gasteiger partial charge < -0.3 is 15.9 Å². The Hall–Kier alpha value is -1.04. The van der Waals surface area contributed by atoms with Gasteiger partial charge in [0.25, 0.3) is 0 Å². The van der Waals surface area contributed by atoms with E-state index in [0.717, 1.165) is 17.3 Å². The van der Waals surface area contributed by atoms with Crippen LogP contribution in [0.4, 0.5) is 5.69 Å². The van der Waals surface area contributed by atoms with Crippen molar-refractivity contribution >= 4 is 22.6 Å². The molecule has 0 amide bonds. The van der Waals surface area contributed by atoms with Gasteiger partial charge in [-0.05, 0) is 30.5 Å². The van der Waals surface area contributed by atoms with E-state index >= 15 is 0 Å². The first kappa shape index (κ1) is 15.0. The van der Waals surface area contributed by atoms with E-state index in [-0.39, 0.29) is 5.12 Å². The van der Waals surface area contributed by atoms with Crippen molar-refractivity contribution in [1.29, 1.82) is 0 Å². The van der Waals surface area contributed by atoms with E-state index < -0.39 is 12.2 Å². The molecule has 0 aliphatic heterocycles. The van der Waals surface area contributed by atoms with Gasteiger partial charge in [0.2, 0.25) is 0 Å². The van der Waals surface area contributed by atoms with Gasteiger partial charge in [-0.1, -0.05) is 23.9 Å². The molecule has 0 spiro atoms. The Morgan fingerprint density at radius 3 is 2.67 bits per heavy atom. The molecule has 0 radical (unpaired) electrons. The van der Waals surface area contributed by atoms with E-state index in [9.17, 15) is 15.0 Å². The highest BCUT2D eigenvalue weighted by molar-refractivity contribution is 8.13. The minimum absolute atomic E-state index is 0.0104. The van der Waals surface area contributed by atoms with E-state index in [1.165, 1.54) is 6.92 Å². The van der Waals surface area contributed by atoms with Gasteiger partial charge in [0.15, 0.2) is 5.12 Å². The molecule has 0 saturated carbocycles. The number of rotatable bonds is 5. The van der Waals surface area contributed by atoms with Gasteiger partial charge in [0.1, 0.15) is 6.10 Å². The summed E-state index contributed by atoms with van der Waals surface area (Å²) in [6, 6.07) is 5.23. The van der Waals surface area contributed by atoms with E-state index in [2.05, 4.69) is 0 Å². The van der Waals surface area contributed by atoms with Crippen LogP contribution in [-0.2, 0) is 4.79 Å². The van der Waals surface area contributed by atoms with Gasteiger partial charge in [-0.15, -0.1) is 0 Å². The van der Waals surface area contributed by atoms with Crippen molar-refractivity contribution in [2.45, 2.75) is 32.5 Å². The predicted octanol–water partition coefficient (Wildman–Crippen LogP) is 1.64. The number of nitrogen functional groups attached to an aromatic ring is 1. The molecule has 0 fully saturated rings. The summed E-state index contributed by atoms with van der Waals surface area (Å²) in [6.07, 6.45) is -1.50. The van der Waals surface area contributed by atoms with Crippen molar-refractivity contribution in [1.82, 2.24) is 0 Å². The molecule has 0 aliphatic carbocycles. The summed E-state index contributed by atoms with van der Waals surface area (Å²) in [5.74, 6) is 0.495. The molecule has 0 heterocycles. The Morgan fingerprint density at radius 2 is 2.11 bits per heavy atom. The largest absolute Gasteiger partial charge is 0.399 e. The molecule has 1 rings (SSSR count). The number of aliphatic hydroxyl groups excluding tert-OH is 2. The van der Waals surface area contributed by atoms with E-state index in [1.54, 1.807) is 12.1 Å². The molecule has 1 aromatic carbocycles. The lowest BCUT2D eigenvalue weighted by Crippen LogP contribution is -2.19. The van der Waals surface area contributed by atoms with Crippen molar-refractivity contribution in [3.8, 4) is 0 Å². The van der Waals surface area contributed by atoms with Gasteiger partial charge in [0.05, 0.1) is 6.10 Å². The molecule has 0 bridgehead atoms. The molecule has 100 valence electrons. The van der Waals surface area contributed by atoms with Crippen molar-refractivity contribution in [2.24, 2.45) is 0 Å². The van der Waals surface area contributed by atoms with Crippen LogP contribution in [0.15, 0.2) is 18.2 Å². The second-order valence-corrected chi connectivity index (χ2v) is 5.53. The van der Waals surface area contributed by atoms with Crippen LogP contribution in [0.3, 0.4) is 0 Å². The number of aryl methyl sites for hydroxylation is 1. The molecule has 0 saturated heterocycles. The van der Waals surface area contributed by atoms with Crippen molar-refractivity contribution in [3.63, 3.8) is 0 Å².